The minimum Gasteiger partial charge on any atom is -0.497 e. The molecule has 1 aliphatic rings. The Balaban J connectivity index is 1.47. The van der Waals surface area contributed by atoms with Gasteiger partial charge in [-0.1, -0.05) is 30.3 Å². The molecule has 1 amide bonds. The number of piperidine rings is 1. The maximum atomic E-state index is 12.7. The van der Waals surface area contributed by atoms with Gasteiger partial charge in [0.05, 0.1) is 19.1 Å². The van der Waals surface area contributed by atoms with E-state index in [0.717, 1.165) is 32.4 Å². The van der Waals surface area contributed by atoms with Crippen molar-refractivity contribution >= 4 is 21.6 Å². The number of nitrogens with zero attached hydrogens (tertiary/aromatic N) is 2. The summed E-state index contributed by atoms with van der Waals surface area (Å²) in [6.45, 7) is 1.84. The van der Waals surface area contributed by atoms with Gasteiger partial charge in [0.15, 0.2) is 0 Å². The maximum Gasteiger partial charge on any atom is 0.232 e. The molecular weight excluding hydrogens is 412 g/mol. The number of rotatable bonds is 9. The molecule has 0 aromatic heterocycles. The van der Waals surface area contributed by atoms with Crippen molar-refractivity contribution < 1.29 is 17.9 Å². The maximum absolute atomic E-state index is 12.7. The fourth-order valence-electron chi connectivity index (χ4n) is 4.10. The minimum absolute atomic E-state index is 0.112. The number of anilines is 1. The molecule has 7 heteroatoms. The van der Waals surface area contributed by atoms with Gasteiger partial charge in [0.25, 0.3) is 0 Å². The predicted molar refractivity (Wildman–Crippen MR) is 124 cm³/mol. The largest absolute Gasteiger partial charge is 0.497 e. The van der Waals surface area contributed by atoms with E-state index in [2.05, 4.69) is 24.3 Å². The molecule has 2 aromatic carbocycles. The van der Waals surface area contributed by atoms with Crippen LogP contribution in [0.15, 0.2) is 54.6 Å². The number of ether oxygens (including phenoxy) is 1. The van der Waals surface area contributed by atoms with Crippen molar-refractivity contribution in [2.45, 2.75) is 32.1 Å². The van der Waals surface area contributed by atoms with Gasteiger partial charge in [0.1, 0.15) is 5.75 Å². The topological polar surface area (TPSA) is 66.9 Å². The van der Waals surface area contributed by atoms with Crippen molar-refractivity contribution in [3.63, 3.8) is 0 Å². The molecule has 6 nitrogen and oxygen atoms in total. The summed E-state index contributed by atoms with van der Waals surface area (Å²) in [5.41, 5.74) is 1.93. The molecule has 0 atom stereocenters. The molecule has 31 heavy (non-hydrogen) atoms. The molecule has 168 valence electrons. The van der Waals surface area contributed by atoms with Gasteiger partial charge in [0, 0.05) is 26.1 Å². The van der Waals surface area contributed by atoms with Crippen LogP contribution in [-0.4, -0.2) is 52.2 Å². The summed E-state index contributed by atoms with van der Waals surface area (Å²) < 4.78 is 31.0. The van der Waals surface area contributed by atoms with E-state index >= 15 is 0 Å². The molecule has 1 saturated heterocycles. The third kappa shape index (κ3) is 6.72. The zero-order chi connectivity index (χ0) is 22.3. The lowest BCUT2D eigenvalue weighted by atomic mass is 9.90. The Morgan fingerprint density at radius 2 is 1.71 bits per heavy atom. The van der Waals surface area contributed by atoms with Crippen LogP contribution in [0.3, 0.4) is 0 Å². The van der Waals surface area contributed by atoms with Gasteiger partial charge in [-0.25, -0.2) is 8.42 Å². The standard InChI is InChI=1S/C24H32N2O4S/c1-30-23-12-10-22(11-13-23)26(31(2,28)29)16-6-9-24(27)25-17-14-21(15-18-25)19-20-7-4-3-5-8-20/h3-5,7-8,10-13,21H,6,9,14-19H2,1-2H3. The second kappa shape index (κ2) is 10.7. The molecule has 0 radical (unpaired) electrons. The molecule has 3 rings (SSSR count). The predicted octanol–water partition coefficient (Wildman–Crippen LogP) is 3.72. The van der Waals surface area contributed by atoms with Gasteiger partial charge in [-0.05, 0) is 61.4 Å². The summed E-state index contributed by atoms with van der Waals surface area (Å²) in [7, 11) is -1.86. The Morgan fingerprint density at radius 1 is 1.06 bits per heavy atom. The van der Waals surface area contributed by atoms with Crippen LogP contribution >= 0.6 is 0 Å². The number of benzene rings is 2. The third-order valence-corrected chi connectivity index (χ3v) is 7.04. The summed E-state index contributed by atoms with van der Waals surface area (Å²) >= 11 is 0. The normalized spacial score (nSPS) is 15.0. The summed E-state index contributed by atoms with van der Waals surface area (Å²) in [5.74, 6) is 1.40. The van der Waals surface area contributed by atoms with Crippen LogP contribution < -0.4 is 9.04 Å². The van der Waals surface area contributed by atoms with Crippen LogP contribution in [0.25, 0.3) is 0 Å². The Labute approximate surface area is 185 Å². The lowest BCUT2D eigenvalue weighted by Gasteiger charge is -2.32. The van der Waals surface area contributed by atoms with E-state index in [0.29, 0.717) is 30.2 Å². The van der Waals surface area contributed by atoms with E-state index in [4.69, 9.17) is 4.74 Å². The van der Waals surface area contributed by atoms with E-state index in [1.165, 1.54) is 16.1 Å². The third-order valence-electron chi connectivity index (χ3n) is 5.85. The summed E-state index contributed by atoms with van der Waals surface area (Å²) in [6, 6.07) is 17.4. The molecule has 0 N–H and O–H groups in total. The molecule has 1 aliphatic heterocycles. The second-order valence-corrected chi connectivity index (χ2v) is 10.1. The van der Waals surface area contributed by atoms with Crippen molar-refractivity contribution in [1.82, 2.24) is 4.90 Å². The molecule has 0 spiro atoms. The fourth-order valence-corrected chi connectivity index (χ4v) is 5.07. The smallest absolute Gasteiger partial charge is 0.232 e. The number of hydrogen-bond donors (Lipinski definition) is 0. The van der Waals surface area contributed by atoms with Gasteiger partial charge < -0.3 is 9.64 Å². The van der Waals surface area contributed by atoms with Crippen molar-refractivity contribution in [2.24, 2.45) is 5.92 Å². The number of hydrogen-bond acceptors (Lipinski definition) is 4. The van der Waals surface area contributed by atoms with E-state index < -0.39 is 10.0 Å². The number of amides is 1. The first-order valence-corrected chi connectivity index (χ1v) is 12.6. The SMILES string of the molecule is COc1ccc(N(CCCC(=O)N2CCC(Cc3ccccc3)CC2)S(C)(=O)=O)cc1. The minimum atomic E-state index is -3.43. The van der Waals surface area contributed by atoms with Crippen LogP contribution in [0.2, 0.25) is 0 Å². The van der Waals surface area contributed by atoms with Crippen molar-refractivity contribution in [3.05, 3.63) is 60.2 Å². The number of carbonyl (C=O) groups is 1. The quantitative estimate of drug-likeness (QED) is 0.591. The Hall–Kier alpha value is -2.54. The van der Waals surface area contributed by atoms with E-state index in [1.54, 1.807) is 31.4 Å². The van der Waals surface area contributed by atoms with Crippen molar-refractivity contribution in [2.75, 3.05) is 37.3 Å². The zero-order valence-electron chi connectivity index (χ0n) is 18.4. The summed E-state index contributed by atoms with van der Waals surface area (Å²) in [4.78, 5) is 14.6. The van der Waals surface area contributed by atoms with Crippen LogP contribution in [-0.2, 0) is 21.2 Å². The van der Waals surface area contributed by atoms with Gasteiger partial charge in [-0.3, -0.25) is 9.10 Å². The highest BCUT2D eigenvalue weighted by Crippen LogP contribution is 2.24. The first-order chi connectivity index (χ1) is 14.9. The van der Waals surface area contributed by atoms with E-state index in [1.807, 2.05) is 11.0 Å². The Bertz CT molecular complexity index is 937. The highest BCUT2D eigenvalue weighted by molar-refractivity contribution is 7.92. The molecule has 0 saturated carbocycles. The Kier molecular flexibility index (Phi) is 7.96. The average Bonchev–Trinajstić information content (AvgIpc) is 2.77. The van der Waals surface area contributed by atoms with Gasteiger partial charge in [0.2, 0.25) is 15.9 Å². The van der Waals surface area contributed by atoms with Crippen LogP contribution in [0.4, 0.5) is 5.69 Å². The lowest BCUT2D eigenvalue weighted by molar-refractivity contribution is -0.132. The molecule has 0 aliphatic carbocycles. The molecule has 0 unspecified atom stereocenters. The van der Waals surface area contributed by atoms with Gasteiger partial charge >= 0.3 is 0 Å². The highest BCUT2D eigenvalue weighted by atomic mass is 32.2. The van der Waals surface area contributed by atoms with Gasteiger partial charge in [-0.2, -0.15) is 0 Å². The molecule has 0 bridgehead atoms. The van der Waals surface area contributed by atoms with Crippen LogP contribution in [0.5, 0.6) is 5.75 Å². The zero-order valence-corrected chi connectivity index (χ0v) is 19.2. The monoisotopic (exact) mass is 444 g/mol. The number of methoxy groups -OCH3 is 1. The average molecular weight is 445 g/mol. The molecule has 1 heterocycles. The number of carbonyl (C=O) groups excluding carboxylic acids is 1. The first-order valence-electron chi connectivity index (χ1n) is 10.8. The number of likely N-dealkylation sites (tertiary alicyclic amines) is 1. The summed E-state index contributed by atoms with van der Waals surface area (Å²) in [5, 5.41) is 0. The first kappa shape index (κ1) is 23.1. The highest BCUT2D eigenvalue weighted by Gasteiger charge is 2.23. The van der Waals surface area contributed by atoms with E-state index in [9.17, 15) is 13.2 Å². The summed E-state index contributed by atoms with van der Waals surface area (Å²) in [6.07, 6.45) is 5.13. The van der Waals surface area contributed by atoms with Crippen molar-refractivity contribution in [3.8, 4) is 5.75 Å². The van der Waals surface area contributed by atoms with Crippen LogP contribution in [0, 0.1) is 5.92 Å². The lowest BCUT2D eigenvalue weighted by Crippen LogP contribution is -2.39. The Morgan fingerprint density at radius 3 is 2.29 bits per heavy atom. The van der Waals surface area contributed by atoms with Gasteiger partial charge in [-0.15, -0.1) is 0 Å². The number of sulfonamides is 1. The van der Waals surface area contributed by atoms with Crippen molar-refractivity contribution in [1.29, 1.82) is 0 Å². The van der Waals surface area contributed by atoms with E-state index in [-0.39, 0.29) is 12.5 Å². The molecule has 2 aromatic rings. The second-order valence-electron chi connectivity index (χ2n) is 8.15. The fraction of sp³-hybridized carbons (Fsp3) is 0.458. The molecule has 1 fully saturated rings. The van der Waals surface area contributed by atoms with Crippen LogP contribution in [0.1, 0.15) is 31.2 Å². The molecular formula is C24H32N2O4S.